The quantitative estimate of drug-likeness (QED) is 0.510. The topological polar surface area (TPSA) is 4.93 Å². The lowest BCUT2D eigenvalue weighted by Gasteiger charge is -2.10. The van der Waals surface area contributed by atoms with E-state index < -0.39 is 0 Å². The Morgan fingerprint density at radius 2 is 1.57 bits per heavy atom. The van der Waals surface area contributed by atoms with E-state index in [1.807, 2.05) is 24.4 Å². The van der Waals surface area contributed by atoms with Crippen LogP contribution in [0.1, 0.15) is 5.56 Å². The summed E-state index contributed by atoms with van der Waals surface area (Å²) < 4.78 is 17.2. The number of benzene rings is 2. The molecule has 0 aliphatic carbocycles. The molecule has 1 heterocycles. The Kier molecular flexibility index (Phi) is 4.27. The van der Waals surface area contributed by atoms with Crippen molar-refractivity contribution in [3.05, 3.63) is 81.1 Å². The monoisotopic (exact) mass is 407 g/mol. The first-order chi connectivity index (χ1) is 10.1. The number of rotatable bonds is 3. The first-order valence-electron chi connectivity index (χ1n) is 6.49. The summed E-state index contributed by atoms with van der Waals surface area (Å²) in [5.74, 6) is -0.227. The van der Waals surface area contributed by atoms with Crippen molar-refractivity contribution in [2.24, 2.45) is 0 Å². The number of hydrogen-bond acceptors (Lipinski definition) is 0. The van der Waals surface area contributed by atoms with Crippen LogP contribution in [0.3, 0.4) is 0 Å². The van der Waals surface area contributed by atoms with E-state index in [1.54, 1.807) is 12.1 Å². The summed E-state index contributed by atoms with van der Waals surface area (Å²) in [6.45, 7) is 0.762. The fourth-order valence-corrected chi connectivity index (χ4v) is 3.30. The van der Waals surface area contributed by atoms with Gasteiger partial charge in [0.15, 0.2) is 0 Å². The van der Waals surface area contributed by atoms with Crippen LogP contribution in [0, 0.1) is 5.82 Å². The van der Waals surface area contributed by atoms with E-state index in [0.29, 0.717) is 0 Å². The molecule has 1 aromatic heterocycles. The standard InChI is InChI=1S/C17H12Br2FN/c18-15-11-21(10-12-4-2-1-3-5-12)17(16(15)19)13-6-8-14(20)9-7-13/h1-9,11H,10H2. The molecule has 0 amide bonds. The SMILES string of the molecule is Fc1ccc(-c2c(Br)c(Br)cn2Cc2ccccc2)cc1. The molecule has 21 heavy (non-hydrogen) atoms. The fraction of sp³-hybridized carbons (Fsp3) is 0.0588. The van der Waals surface area contributed by atoms with Crippen molar-refractivity contribution in [2.45, 2.75) is 6.54 Å². The van der Waals surface area contributed by atoms with Gasteiger partial charge in [-0.05, 0) is 67.3 Å². The third kappa shape index (κ3) is 3.11. The zero-order valence-electron chi connectivity index (χ0n) is 11.1. The van der Waals surface area contributed by atoms with Gasteiger partial charge in [-0.2, -0.15) is 0 Å². The molecule has 0 saturated carbocycles. The highest BCUT2D eigenvalue weighted by Gasteiger charge is 2.14. The molecule has 0 bridgehead atoms. The summed E-state index contributed by atoms with van der Waals surface area (Å²) in [6.07, 6.45) is 2.04. The van der Waals surface area contributed by atoms with Crippen LogP contribution in [0.2, 0.25) is 0 Å². The van der Waals surface area contributed by atoms with E-state index in [-0.39, 0.29) is 5.82 Å². The van der Waals surface area contributed by atoms with Gasteiger partial charge in [0.25, 0.3) is 0 Å². The van der Waals surface area contributed by atoms with E-state index in [4.69, 9.17) is 0 Å². The fourth-order valence-electron chi connectivity index (χ4n) is 2.30. The lowest BCUT2D eigenvalue weighted by Crippen LogP contribution is -2.00. The third-order valence-corrected chi connectivity index (χ3v) is 5.22. The number of aromatic nitrogens is 1. The van der Waals surface area contributed by atoms with Crippen molar-refractivity contribution in [2.75, 3.05) is 0 Å². The summed E-state index contributed by atoms with van der Waals surface area (Å²) in [4.78, 5) is 0. The van der Waals surface area contributed by atoms with Crippen molar-refractivity contribution < 1.29 is 4.39 Å². The van der Waals surface area contributed by atoms with Gasteiger partial charge < -0.3 is 4.57 Å². The maximum absolute atomic E-state index is 13.1. The van der Waals surface area contributed by atoms with Gasteiger partial charge in [0.05, 0.1) is 14.6 Å². The van der Waals surface area contributed by atoms with Crippen molar-refractivity contribution >= 4 is 31.9 Å². The van der Waals surface area contributed by atoms with Crippen molar-refractivity contribution in [3.63, 3.8) is 0 Å². The Hall–Kier alpha value is -1.39. The van der Waals surface area contributed by atoms with Gasteiger partial charge in [0.1, 0.15) is 5.82 Å². The largest absolute Gasteiger partial charge is 0.341 e. The summed E-state index contributed by atoms with van der Waals surface area (Å²) in [5, 5.41) is 0. The highest BCUT2D eigenvalue weighted by molar-refractivity contribution is 9.13. The Balaban J connectivity index is 2.05. The number of nitrogens with zero attached hydrogens (tertiary/aromatic N) is 1. The van der Waals surface area contributed by atoms with Crippen LogP contribution < -0.4 is 0 Å². The average molecular weight is 409 g/mol. The van der Waals surface area contributed by atoms with Crippen LogP contribution in [-0.2, 0) is 6.54 Å². The van der Waals surface area contributed by atoms with Crippen molar-refractivity contribution in [1.29, 1.82) is 0 Å². The predicted octanol–water partition coefficient (Wildman–Crippen LogP) is 5.87. The molecule has 0 fully saturated rings. The third-order valence-electron chi connectivity index (χ3n) is 3.29. The molecule has 0 radical (unpaired) electrons. The summed E-state index contributed by atoms with van der Waals surface area (Å²) in [6, 6.07) is 16.8. The van der Waals surface area contributed by atoms with E-state index in [2.05, 4.69) is 48.6 Å². The number of halogens is 3. The van der Waals surface area contributed by atoms with Gasteiger partial charge in [0, 0.05) is 12.7 Å². The zero-order chi connectivity index (χ0) is 14.8. The molecule has 1 nitrogen and oxygen atoms in total. The molecule has 0 N–H and O–H groups in total. The molecule has 2 aromatic carbocycles. The number of hydrogen-bond donors (Lipinski definition) is 0. The molecule has 3 aromatic rings. The smallest absolute Gasteiger partial charge is 0.123 e. The highest BCUT2D eigenvalue weighted by atomic mass is 79.9. The van der Waals surface area contributed by atoms with Gasteiger partial charge in [-0.1, -0.05) is 30.3 Å². The van der Waals surface area contributed by atoms with Gasteiger partial charge in [-0.15, -0.1) is 0 Å². The van der Waals surface area contributed by atoms with Crippen LogP contribution in [0.15, 0.2) is 69.7 Å². The average Bonchev–Trinajstić information content (AvgIpc) is 2.76. The minimum atomic E-state index is -0.227. The lowest BCUT2D eigenvalue weighted by atomic mass is 10.1. The minimum absolute atomic E-state index is 0.227. The van der Waals surface area contributed by atoms with E-state index in [9.17, 15) is 4.39 Å². The van der Waals surface area contributed by atoms with Crippen LogP contribution in [-0.4, -0.2) is 4.57 Å². The maximum Gasteiger partial charge on any atom is 0.123 e. The summed E-state index contributed by atoms with van der Waals surface area (Å²) in [5.41, 5.74) is 3.23. The van der Waals surface area contributed by atoms with Crippen molar-refractivity contribution in [1.82, 2.24) is 4.57 Å². The van der Waals surface area contributed by atoms with Gasteiger partial charge >= 0.3 is 0 Å². The van der Waals surface area contributed by atoms with Crippen LogP contribution in [0.4, 0.5) is 4.39 Å². The molecule has 106 valence electrons. The molecule has 0 saturated heterocycles. The Morgan fingerprint density at radius 3 is 2.24 bits per heavy atom. The normalized spacial score (nSPS) is 10.8. The Labute approximate surface area is 139 Å². The molecular formula is C17H12Br2FN. The second-order valence-corrected chi connectivity index (χ2v) is 6.41. The Bertz CT molecular complexity index is 748. The summed E-state index contributed by atoms with van der Waals surface area (Å²) >= 11 is 7.16. The molecule has 0 unspecified atom stereocenters. The second-order valence-electron chi connectivity index (χ2n) is 4.76. The van der Waals surface area contributed by atoms with Crippen LogP contribution >= 0.6 is 31.9 Å². The summed E-state index contributed by atoms with van der Waals surface area (Å²) in [7, 11) is 0. The lowest BCUT2D eigenvalue weighted by molar-refractivity contribution is 0.628. The van der Waals surface area contributed by atoms with Crippen LogP contribution in [0.25, 0.3) is 11.3 Å². The molecule has 0 atom stereocenters. The minimum Gasteiger partial charge on any atom is -0.341 e. The van der Waals surface area contributed by atoms with Crippen LogP contribution in [0.5, 0.6) is 0 Å². The highest BCUT2D eigenvalue weighted by Crippen LogP contribution is 2.36. The van der Waals surface area contributed by atoms with E-state index >= 15 is 0 Å². The molecule has 3 rings (SSSR count). The second kappa shape index (κ2) is 6.16. The van der Waals surface area contributed by atoms with E-state index in [1.165, 1.54) is 17.7 Å². The van der Waals surface area contributed by atoms with Gasteiger partial charge in [-0.25, -0.2) is 4.39 Å². The van der Waals surface area contributed by atoms with Crippen molar-refractivity contribution in [3.8, 4) is 11.3 Å². The first kappa shape index (κ1) is 14.5. The molecule has 0 spiro atoms. The molecule has 0 aliphatic rings. The van der Waals surface area contributed by atoms with Gasteiger partial charge in [0.2, 0.25) is 0 Å². The zero-order valence-corrected chi connectivity index (χ0v) is 14.2. The molecular weight excluding hydrogens is 397 g/mol. The first-order valence-corrected chi connectivity index (χ1v) is 8.08. The van der Waals surface area contributed by atoms with Gasteiger partial charge in [-0.3, -0.25) is 0 Å². The Morgan fingerprint density at radius 1 is 0.905 bits per heavy atom. The molecule has 0 aliphatic heterocycles. The molecule has 4 heteroatoms. The predicted molar refractivity (Wildman–Crippen MR) is 90.8 cm³/mol. The maximum atomic E-state index is 13.1. The van der Waals surface area contributed by atoms with E-state index in [0.717, 1.165) is 26.7 Å².